The highest BCUT2D eigenvalue weighted by molar-refractivity contribution is 5.40. The van der Waals surface area contributed by atoms with E-state index in [0.717, 1.165) is 5.56 Å². The van der Waals surface area contributed by atoms with Crippen molar-refractivity contribution < 1.29 is 9.13 Å². The second kappa shape index (κ2) is 5.87. The van der Waals surface area contributed by atoms with Gasteiger partial charge in [-0.1, -0.05) is 18.2 Å². The standard InChI is InChI=1S/C15H13FN2O/c16-15-9-13(18)4-3-12(15)10-19-14-5-1-11(2-6-14)7-8-17/h1-6,9H,7,10,18H2. The summed E-state index contributed by atoms with van der Waals surface area (Å²) >= 11 is 0. The van der Waals surface area contributed by atoms with Gasteiger partial charge in [0.05, 0.1) is 12.5 Å². The third-order valence-corrected chi connectivity index (χ3v) is 2.68. The van der Waals surface area contributed by atoms with Gasteiger partial charge in [0.25, 0.3) is 0 Å². The molecule has 0 bridgehead atoms. The molecule has 2 aromatic rings. The summed E-state index contributed by atoms with van der Waals surface area (Å²) in [6.45, 7) is 0.143. The fourth-order valence-electron chi connectivity index (χ4n) is 1.64. The Morgan fingerprint density at radius 1 is 1.16 bits per heavy atom. The third-order valence-electron chi connectivity index (χ3n) is 2.68. The number of ether oxygens (including phenoxy) is 1. The summed E-state index contributed by atoms with van der Waals surface area (Å²) in [4.78, 5) is 0. The zero-order valence-electron chi connectivity index (χ0n) is 10.3. The van der Waals surface area contributed by atoms with Crippen LogP contribution in [0.2, 0.25) is 0 Å². The number of halogens is 1. The van der Waals surface area contributed by atoms with E-state index in [4.69, 9.17) is 15.7 Å². The minimum Gasteiger partial charge on any atom is -0.489 e. The molecule has 96 valence electrons. The predicted molar refractivity (Wildman–Crippen MR) is 70.9 cm³/mol. The van der Waals surface area contributed by atoms with E-state index < -0.39 is 0 Å². The van der Waals surface area contributed by atoms with Gasteiger partial charge in [0.1, 0.15) is 18.2 Å². The lowest BCUT2D eigenvalue weighted by Crippen LogP contribution is -1.99. The molecular weight excluding hydrogens is 243 g/mol. The Morgan fingerprint density at radius 2 is 1.89 bits per heavy atom. The van der Waals surface area contributed by atoms with Crippen molar-refractivity contribution in [1.82, 2.24) is 0 Å². The van der Waals surface area contributed by atoms with E-state index in [2.05, 4.69) is 6.07 Å². The normalized spacial score (nSPS) is 9.89. The maximum absolute atomic E-state index is 13.5. The first kappa shape index (κ1) is 12.9. The first-order valence-electron chi connectivity index (χ1n) is 5.81. The maximum Gasteiger partial charge on any atom is 0.131 e. The van der Waals surface area contributed by atoms with Crippen LogP contribution in [-0.2, 0) is 13.0 Å². The predicted octanol–water partition coefficient (Wildman–Crippen LogP) is 3.05. The molecule has 2 aromatic carbocycles. The number of benzene rings is 2. The number of hydrogen-bond acceptors (Lipinski definition) is 3. The molecule has 0 aromatic heterocycles. The van der Waals surface area contributed by atoms with Crippen LogP contribution in [0.5, 0.6) is 5.75 Å². The van der Waals surface area contributed by atoms with Gasteiger partial charge < -0.3 is 10.5 Å². The van der Waals surface area contributed by atoms with Crippen LogP contribution in [0.25, 0.3) is 0 Å². The second-order valence-corrected chi connectivity index (χ2v) is 4.12. The van der Waals surface area contributed by atoms with Crippen molar-refractivity contribution in [3.8, 4) is 11.8 Å². The fraction of sp³-hybridized carbons (Fsp3) is 0.133. The fourth-order valence-corrected chi connectivity index (χ4v) is 1.64. The first-order valence-corrected chi connectivity index (χ1v) is 5.81. The Morgan fingerprint density at radius 3 is 2.53 bits per heavy atom. The number of nitrogen functional groups attached to an aromatic ring is 1. The number of hydrogen-bond donors (Lipinski definition) is 1. The van der Waals surface area contributed by atoms with Crippen LogP contribution in [-0.4, -0.2) is 0 Å². The van der Waals surface area contributed by atoms with Gasteiger partial charge in [0.15, 0.2) is 0 Å². The molecule has 0 saturated heterocycles. The highest BCUT2D eigenvalue weighted by Crippen LogP contribution is 2.17. The molecule has 0 spiro atoms. The summed E-state index contributed by atoms with van der Waals surface area (Å²) in [5.74, 6) is 0.263. The molecule has 0 aliphatic carbocycles. The van der Waals surface area contributed by atoms with Crippen LogP contribution in [0, 0.1) is 17.1 Å². The molecule has 0 amide bonds. The highest BCUT2D eigenvalue weighted by atomic mass is 19.1. The SMILES string of the molecule is N#CCc1ccc(OCc2ccc(N)cc2F)cc1. The molecule has 19 heavy (non-hydrogen) atoms. The van der Waals surface area contributed by atoms with Crippen molar-refractivity contribution in [2.24, 2.45) is 0 Å². The summed E-state index contributed by atoms with van der Waals surface area (Å²) < 4.78 is 19.0. The molecule has 0 aliphatic rings. The van der Waals surface area contributed by atoms with E-state index >= 15 is 0 Å². The van der Waals surface area contributed by atoms with Crippen molar-refractivity contribution in [3.05, 3.63) is 59.4 Å². The summed E-state index contributed by atoms with van der Waals surface area (Å²) in [5, 5.41) is 8.56. The Hall–Kier alpha value is -2.54. The number of nitriles is 1. The lowest BCUT2D eigenvalue weighted by molar-refractivity contribution is 0.300. The van der Waals surface area contributed by atoms with E-state index in [1.54, 1.807) is 24.3 Å². The molecule has 0 aliphatic heterocycles. The van der Waals surface area contributed by atoms with Gasteiger partial charge in [-0.15, -0.1) is 0 Å². The Labute approximate surface area is 111 Å². The summed E-state index contributed by atoms with van der Waals surface area (Å²) in [5.41, 5.74) is 7.24. The minimum absolute atomic E-state index is 0.143. The van der Waals surface area contributed by atoms with Gasteiger partial charge in [-0.05, 0) is 29.8 Å². The van der Waals surface area contributed by atoms with Crippen molar-refractivity contribution in [2.75, 3.05) is 5.73 Å². The van der Waals surface area contributed by atoms with E-state index in [-0.39, 0.29) is 12.4 Å². The molecule has 0 atom stereocenters. The van der Waals surface area contributed by atoms with Crippen LogP contribution in [0.1, 0.15) is 11.1 Å². The second-order valence-electron chi connectivity index (χ2n) is 4.12. The molecule has 0 saturated carbocycles. The molecule has 0 heterocycles. The van der Waals surface area contributed by atoms with E-state index in [9.17, 15) is 4.39 Å². The van der Waals surface area contributed by atoms with Gasteiger partial charge in [-0.3, -0.25) is 0 Å². The summed E-state index contributed by atoms with van der Waals surface area (Å²) in [6, 6.07) is 13.8. The lowest BCUT2D eigenvalue weighted by atomic mass is 10.1. The van der Waals surface area contributed by atoms with E-state index in [0.29, 0.717) is 23.4 Å². The average Bonchev–Trinajstić information content (AvgIpc) is 2.40. The van der Waals surface area contributed by atoms with Gasteiger partial charge in [-0.25, -0.2) is 4.39 Å². The van der Waals surface area contributed by atoms with E-state index in [1.165, 1.54) is 6.07 Å². The van der Waals surface area contributed by atoms with Crippen molar-refractivity contribution >= 4 is 5.69 Å². The molecule has 2 rings (SSSR count). The average molecular weight is 256 g/mol. The van der Waals surface area contributed by atoms with Gasteiger partial charge >= 0.3 is 0 Å². The van der Waals surface area contributed by atoms with Crippen LogP contribution < -0.4 is 10.5 Å². The van der Waals surface area contributed by atoms with Crippen LogP contribution in [0.4, 0.5) is 10.1 Å². The van der Waals surface area contributed by atoms with Crippen LogP contribution in [0.15, 0.2) is 42.5 Å². The Kier molecular flexibility index (Phi) is 3.99. The zero-order valence-corrected chi connectivity index (χ0v) is 10.3. The Bertz CT molecular complexity index is 603. The zero-order chi connectivity index (χ0) is 13.7. The number of rotatable bonds is 4. The molecule has 0 radical (unpaired) electrons. The largest absolute Gasteiger partial charge is 0.489 e. The lowest BCUT2D eigenvalue weighted by Gasteiger charge is -2.08. The summed E-state index contributed by atoms with van der Waals surface area (Å²) in [6.07, 6.45) is 0.368. The van der Waals surface area contributed by atoms with Crippen LogP contribution in [0.3, 0.4) is 0 Å². The topological polar surface area (TPSA) is 59.0 Å². The molecule has 3 nitrogen and oxygen atoms in total. The van der Waals surface area contributed by atoms with Crippen molar-refractivity contribution in [3.63, 3.8) is 0 Å². The first-order chi connectivity index (χ1) is 9.19. The highest BCUT2D eigenvalue weighted by Gasteiger charge is 2.03. The van der Waals surface area contributed by atoms with Gasteiger partial charge in [0, 0.05) is 11.3 Å². The third kappa shape index (κ3) is 3.46. The Balaban J connectivity index is 2.00. The van der Waals surface area contributed by atoms with Gasteiger partial charge in [-0.2, -0.15) is 5.26 Å². The number of nitrogens with two attached hydrogens (primary N) is 1. The molecule has 0 unspecified atom stereocenters. The number of anilines is 1. The smallest absolute Gasteiger partial charge is 0.131 e. The van der Waals surface area contributed by atoms with Crippen molar-refractivity contribution in [2.45, 2.75) is 13.0 Å². The molecule has 4 heteroatoms. The maximum atomic E-state index is 13.5. The molecule has 2 N–H and O–H groups in total. The number of nitrogens with zero attached hydrogens (tertiary/aromatic N) is 1. The van der Waals surface area contributed by atoms with Crippen LogP contribution >= 0.6 is 0 Å². The van der Waals surface area contributed by atoms with Gasteiger partial charge in [0.2, 0.25) is 0 Å². The monoisotopic (exact) mass is 256 g/mol. The summed E-state index contributed by atoms with van der Waals surface area (Å²) in [7, 11) is 0. The quantitative estimate of drug-likeness (QED) is 0.855. The molecule has 0 fully saturated rings. The molecular formula is C15H13FN2O. The van der Waals surface area contributed by atoms with Crippen molar-refractivity contribution in [1.29, 1.82) is 5.26 Å². The minimum atomic E-state index is -0.374. The van der Waals surface area contributed by atoms with E-state index in [1.807, 2.05) is 12.1 Å².